The first kappa shape index (κ1) is 16.0. The Morgan fingerprint density at radius 3 is 2.42 bits per heavy atom. The van der Waals surface area contributed by atoms with Gasteiger partial charge in [0.05, 0.1) is 0 Å². The molecule has 0 aromatic carbocycles. The molecule has 2 atom stereocenters. The van der Waals surface area contributed by atoms with Gasteiger partial charge in [-0.2, -0.15) is 0 Å². The maximum Gasteiger partial charge on any atom is 0.245 e. The molecule has 1 unspecified atom stereocenters. The molecule has 4 heteroatoms. The smallest absolute Gasteiger partial charge is 0.245 e. The van der Waals surface area contributed by atoms with Gasteiger partial charge in [-0.15, -0.1) is 0 Å². The van der Waals surface area contributed by atoms with Gasteiger partial charge in [-0.1, -0.05) is 33.1 Å². The van der Waals surface area contributed by atoms with Crippen molar-refractivity contribution in [2.45, 2.75) is 65.0 Å². The molecule has 0 bridgehead atoms. The highest BCUT2D eigenvalue weighted by Gasteiger charge is 2.28. The Labute approximate surface area is 116 Å². The van der Waals surface area contributed by atoms with Gasteiger partial charge in [-0.3, -0.25) is 9.59 Å². The quantitative estimate of drug-likeness (QED) is 0.686. The largest absolute Gasteiger partial charge is 0.347 e. The van der Waals surface area contributed by atoms with E-state index in [9.17, 15) is 9.59 Å². The Bertz CT molecular complexity index is 301. The summed E-state index contributed by atoms with van der Waals surface area (Å²) in [6.45, 7) is 6.22. The molecule has 1 aliphatic carbocycles. The molecule has 110 valence electrons. The molecule has 0 aromatic heterocycles. The van der Waals surface area contributed by atoms with E-state index in [1.54, 1.807) is 0 Å². The van der Waals surface area contributed by atoms with Gasteiger partial charge in [0.25, 0.3) is 0 Å². The molecule has 19 heavy (non-hydrogen) atoms. The van der Waals surface area contributed by atoms with Crippen LogP contribution in [-0.2, 0) is 9.59 Å². The van der Waals surface area contributed by atoms with E-state index in [2.05, 4.69) is 26.1 Å². The molecule has 0 radical (unpaired) electrons. The lowest BCUT2D eigenvalue weighted by Gasteiger charge is -2.34. The van der Waals surface area contributed by atoms with Crippen LogP contribution < -0.4 is 5.32 Å². The first-order chi connectivity index (χ1) is 8.95. The molecule has 1 rings (SSSR count). The maximum atomic E-state index is 12.4. The van der Waals surface area contributed by atoms with Gasteiger partial charge in [0, 0.05) is 13.1 Å². The molecule has 1 fully saturated rings. The van der Waals surface area contributed by atoms with Gasteiger partial charge in [0.2, 0.25) is 12.3 Å². The Balaban J connectivity index is 2.52. The van der Waals surface area contributed by atoms with E-state index in [0.29, 0.717) is 18.7 Å². The van der Waals surface area contributed by atoms with Crippen molar-refractivity contribution in [2.24, 2.45) is 11.8 Å². The zero-order chi connectivity index (χ0) is 14.4. The zero-order valence-corrected chi connectivity index (χ0v) is 12.7. The molecule has 0 heterocycles. The van der Waals surface area contributed by atoms with E-state index in [1.165, 1.54) is 19.3 Å². The van der Waals surface area contributed by atoms with Gasteiger partial charge in [0.1, 0.15) is 6.04 Å². The van der Waals surface area contributed by atoms with Gasteiger partial charge >= 0.3 is 0 Å². The summed E-state index contributed by atoms with van der Waals surface area (Å²) < 4.78 is 0. The summed E-state index contributed by atoms with van der Waals surface area (Å²) in [5.74, 6) is 1.21. The van der Waals surface area contributed by atoms with Crippen LogP contribution in [0.15, 0.2) is 0 Å². The lowest BCUT2D eigenvalue weighted by Crippen LogP contribution is -2.48. The lowest BCUT2D eigenvalue weighted by molar-refractivity contribution is -0.136. The lowest BCUT2D eigenvalue weighted by atomic mass is 9.81. The highest BCUT2D eigenvalue weighted by molar-refractivity contribution is 5.83. The van der Waals surface area contributed by atoms with Crippen molar-refractivity contribution < 1.29 is 9.59 Å². The van der Waals surface area contributed by atoms with E-state index in [0.717, 1.165) is 12.3 Å². The second-order valence-electron chi connectivity index (χ2n) is 6.30. The van der Waals surface area contributed by atoms with E-state index < -0.39 is 0 Å². The maximum absolute atomic E-state index is 12.4. The molecular weight excluding hydrogens is 240 g/mol. The SMILES string of the molecule is CC(C)CC(NC=O)C(=O)N(C)[C@@H](C)CC1CCC1. The van der Waals surface area contributed by atoms with E-state index >= 15 is 0 Å². The highest BCUT2D eigenvalue weighted by atomic mass is 16.2. The summed E-state index contributed by atoms with van der Waals surface area (Å²) in [6, 6.07) is -0.132. The van der Waals surface area contributed by atoms with Crippen LogP contribution in [0.2, 0.25) is 0 Å². The second kappa shape index (κ2) is 7.51. The Morgan fingerprint density at radius 1 is 1.37 bits per heavy atom. The van der Waals surface area contributed by atoms with Gasteiger partial charge in [0.15, 0.2) is 0 Å². The summed E-state index contributed by atoms with van der Waals surface area (Å²) in [4.78, 5) is 24.9. The fraction of sp³-hybridized carbons (Fsp3) is 0.867. The van der Waals surface area contributed by atoms with Crippen molar-refractivity contribution in [2.75, 3.05) is 7.05 Å². The molecule has 2 amide bonds. The third-order valence-electron chi connectivity index (χ3n) is 4.18. The summed E-state index contributed by atoms with van der Waals surface area (Å²) in [5, 5.41) is 2.66. The molecule has 4 nitrogen and oxygen atoms in total. The second-order valence-corrected chi connectivity index (χ2v) is 6.30. The van der Waals surface area contributed by atoms with Crippen LogP contribution in [0.1, 0.15) is 52.9 Å². The molecule has 1 aliphatic rings. The minimum Gasteiger partial charge on any atom is -0.347 e. The molecule has 1 saturated carbocycles. The summed E-state index contributed by atoms with van der Waals surface area (Å²) in [7, 11) is 1.85. The summed E-state index contributed by atoms with van der Waals surface area (Å²) in [5.41, 5.74) is 0. The zero-order valence-electron chi connectivity index (χ0n) is 12.7. The Morgan fingerprint density at radius 2 is 2.00 bits per heavy atom. The minimum absolute atomic E-state index is 0.0348. The normalized spacial score (nSPS) is 18.6. The third-order valence-corrected chi connectivity index (χ3v) is 4.18. The van der Waals surface area contributed by atoms with Crippen LogP contribution in [0.3, 0.4) is 0 Å². The van der Waals surface area contributed by atoms with E-state index in [-0.39, 0.29) is 18.0 Å². The number of nitrogens with zero attached hydrogens (tertiary/aromatic N) is 1. The first-order valence-electron chi connectivity index (χ1n) is 7.42. The number of carbonyl (C=O) groups excluding carboxylic acids is 2. The van der Waals surface area contributed by atoms with Gasteiger partial charge in [-0.05, 0) is 31.6 Å². The summed E-state index contributed by atoms with van der Waals surface area (Å²) in [6.07, 6.45) is 6.34. The molecule has 0 spiro atoms. The molecule has 0 aromatic rings. The topological polar surface area (TPSA) is 49.4 Å². The van der Waals surface area contributed by atoms with Crippen molar-refractivity contribution in [3.8, 4) is 0 Å². The fourth-order valence-electron chi connectivity index (χ4n) is 2.63. The van der Waals surface area contributed by atoms with Crippen molar-refractivity contribution >= 4 is 12.3 Å². The number of rotatable bonds is 8. The Hall–Kier alpha value is -1.06. The van der Waals surface area contributed by atoms with Gasteiger partial charge in [-0.25, -0.2) is 0 Å². The van der Waals surface area contributed by atoms with Gasteiger partial charge < -0.3 is 10.2 Å². The Kier molecular flexibility index (Phi) is 6.32. The van der Waals surface area contributed by atoms with Crippen LogP contribution in [0.25, 0.3) is 0 Å². The monoisotopic (exact) mass is 268 g/mol. The fourth-order valence-corrected chi connectivity index (χ4v) is 2.63. The molecular formula is C15H28N2O2. The van der Waals surface area contributed by atoms with Crippen molar-refractivity contribution in [1.29, 1.82) is 0 Å². The minimum atomic E-state index is -0.383. The number of amides is 2. The van der Waals surface area contributed by atoms with Crippen LogP contribution in [0.5, 0.6) is 0 Å². The summed E-state index contributed by atoms with van der Waals surface area (Å²) >= 11 is 0. The number of carbonyl (C=O) groups is 2. The van der Waals surface area contributed by atoms with Crippen LogP contribution in [0.4, 0.5) is 0 Å². The predicted octanol–water partition coefficient (Wildman–Crippen LogP) is 2.18. The van der Waals surface area contributed by atoms with Crippen molar-refractivity contribution in [3.63, 3.8) is 0 Å². The molecule has 0 aliphatic heterocycles. The highest BCUT2D eigenvalue weighted by Crippen LogP contribution is 2.31. The third kappa shape index (κ3) is 4.84. The predicted molar refractivity (Wildman–Crippen MR) is 76.6 cm³/mol. The van der Waals surface area contributed by atoms with Crippen molar-refractivity contribution in [1.82, 2.24) is 10.2 Å². The van der Waals surface area contributed by atoms with Crippen LogP contribution in [-0.4, -0.2) is 36.3 Å². The van der Waals surface area contributed by atoms with E-state index in [1.807, 2.05) is 11.9 Å². The average molecular weight is 268 g/mol. The molecule has 1 N–H and O–H groups in total. The van der Waals surface area contributed by atoms with E-state index in [4.69, 9.17) is 0 Å². The number of hydrogen-bond acceptors (Lipinski definition) is 2. The van der Waals surface area contributed by atoms with Crippen LogP contribution in [0, 0.1) is 11.8 Å². The molecule has 0 saturated heterocycles. The number of nitrogens with one attached hydrogen (secondary N) is 1. The van der Waals surface area contributed by atoms with Crippen LogP contribution >= 0.6 is 0 Å². The average Bonchev–Trinajstić information content (AvgIpc) is 2.30. The standard InChI is InChI=1S/C15H28N2O2/c1-11(2)8-14(16-10-18)15(19)17(4)12(3)9-13-6-5-7-13/h10-14H,5-9H2,1-4H3,(H,16,18)/t12-,14?/m0/s1. The number of likely N-dealkylation sites (N-methyl/N-ethyl adjacent to an activating group) is 1. The first-order valence-corrected chi connectivity index (χ1v) is 7.42. The van der Waals surface area contributed by atoms with Crippen molar-refractivity contribution in [3.05, 3.63) is 0 Å². The number of hydrogen-bond donors (Lipinski definition) is 1.